The number of hydrogen-bond donors (Lipinski definition) is 0. The van der Waals surface area contributed by atoms with Gasteiger partial charge >= 0.3 is 0 Å². The van der Waals surface area contributed by atoms with E-state index in [1.54, 1.807) is 0 Å². The SMILES string of the molecule is CC1(C)C2CCC(CF)(OC=O)C1C2. The van der Waals surface area contributed by atoms with Crippen molar-refractivity contribution in [3.63, 3.8) is 0 Å². The van der Waals surface area contributed by atoms with Crippen LogP contribution in [0, 0.1) is 17.3 Å². The van der Waals surface area contributed by atoms with Gasteiger partial charge in [-0.3, -0.25) is 4.79 Å². The second-order valence-corrected chi connectivity index (χ2v) is 5.26. The lowest BCUT2D eigenvalue weighted by atomic mass is 9.44. The highest BCUT2D eigenvalue weighted by Gasteiger charge is 2.62. The molecule has 0 aromatic heterocycles. The van der Waals surface area contributed by atoms with Gasteiger partial charge in [-0.15, -0.1) is 0 Å². The summed E-state index contributed by atoms with van der Waals surface area (Å²) in [7, 11) is 0. The summed E-state index contributed by atoms with van der Waals surface area (Å²) in [5, 5.41) is 0. The van der Waals surface area contributed by atoms with Gasteiger partial charge in [0.1, 0.15) is 12.3 Å². The molecular weight excluding hydrogens is 183 g/mol. The Balaban J connectivity index is 2.22. The second-order valence-electron chi connectivity index (χ2n) is 5.26. The van der Waals surface area contributed by atoms with Crippen LogP contribution in [-0.2, 0) is 9.53 Å². The third-order valence-electron chi connectivity index (χ3n) is 4.53. The van der Waals surface area contributed by atoms with E-state index in [9.17, 15) is 9.18 Å². The molecule has 3 heteroatoms. The summed E-state index contributed by atoms with van der Waals surface area (Å²) in [6.07, 6.45) is 2.70. The maximum absolute atomic E-state index is 13.1. The maximum atomic E-state index is 13.1. The van der Waals surface area contributed by atoms with Crippen LogP contribution in [0.15, 0.2) is 0 Å². The van der Waals surface area contributed by atoms with E-state index in [0.717, 1.165) is 12.8 Å². The highest BCUT2D eigenvalue weighted by Crippen LogP contribution is 2.63. The van der Waals surface area contributed by atoms with Crippen molar-refractivity contribution in [3.8, 4) is 0 Å². The standard InChI is InChI=1S/C11H17FO2/c1-10(2)8-3-4-11(6-12,14-7-13)9(10)5-8/h7-9H,3-6H2,1-2H3. The Kier molecular flexibility index (Phi) is 2.09. The van der Waals surface area contributed by atoms with E-state index in [1.807, 2.05) is 0 Å². The molecule has 3 fully saturated rings. The molecule has 0 aromatic carbocycles. The summed E-state index contributed by atoms with van der Waals surface area (Å²) in [6, 6.07) is 0. The zero-order valence-corrected chi connectivity index (χ0v) is 8.75. The van der Waals surface area contributed by atoms with Crippen molar-refractivity contribution < 1.29 is 13.9 Å². The number of rotatable bonds is 3. The van der Waals surface area contributed by atoms with Gasteiger partial charge in [0.05, 0.1) is 0 Å². The van der Waals surface area contributed by atoms with E-state index < -0.39 is 12.3 Å². The fourth-order valence-electron chi connectivity index (χ4n) is 3.42. The van der Waals surface area contributed by atoms with Gasteiger partial charge in [-0.25, -0.2) is 4.39 Å². The molecule has 0 N–H and O–H groups in total. The van der Waals surface area contributed by atoms with Crippen LogP contribution >= 0.6 is 0 Å². The van der Waals surface area contributed by atoms with Crippen LogP contribution in [0.3, 0.4) is 0 Å². The molecule has 3 saturated carbocycles. The molecule has 3 unspecified atom stereocenters. The number of fused-ring (bicyclic) bond motifs is 2. The second kappa shape index (κ2) is 2.94. The van der Waals surface area contributed by atoms with E-state index >= 15 is 0 Å². The minimum atomic E-state index is -0.806. The van der Waals surface area contributed by atoms with Crippen LogP contribution in [-0.4, -0.2) is 18.7 Å². The number of halogens is 1. The molecule has 0 saturated heterocycles. The first-order valence-electron chi connectivity index (χ1n) is 5.24. The molecule has 0 aromatic rings. The fourth-order valence-corrected chi connectivity index (χ4v) is 3.42. The minimum absolute atomic E-state index is 0.146. The Hall–Kier alpha value is -0.600. The molecule has 80 valence electrons. The van der Waals surface area contributed by atoms with Gasteiger partial charge in [0.25, 0.3) is 6.47 Å². The molecule has 0 spiro atoms. The van der Waals surface area contributed by atoms with Crippen molar-refractivity contribution in [2.45, 2.75) is 38.7 Å². The molecule has 0 radical (unpaired) electrons. The molecule has 0 aliphatic heterocycles. The van der Waals surface area contributed by atoms with Crippen molar-refractivity contribution >= 4 is 6.47 Å². The topological polar surface area (TPSA) is 26.3 Å². The van der Waals surface area contributed by atoms with Gasteiger partial charge in [0.15, 0.2) is 0 Å². The zero-order valence-electron chi connectivity index (χ0n) is 8.75. The number of carbonyl (C=O) groups excluding carboxylic acids is 1. The van der Waals surface area contributed by atoms with E-state index in [4.69, 9.17) is 4.74 Å². The molecular formula is C11H17FO2. The molecule has 3 aliphatic rings. The van der Waals surface area contributed by atoms with Crippen molar-refractivity contribution in [1.82, 2.24) is 0 Å². The molecule has 0 heterocycles. The third-order valence-corrected chi connectivity index (χ3v) is 4.53. The van der Waals surface area contributed by atoms with Gasteiger partial charge < -0.3 is 4.74 Å². The van der Waals surface area contributed by atoms with Crippen molar-refractivity contribution in [1.29, 1.82) is 0 Å². The van der Waals surface area contributed by atoms with Crippen LogP contribution in [0.25, 0.3) is 0 Å². The molecule has 2 bridgehead atoms. The number of alkyl halides is 1. The van der Waals surface area contributed by atoms with Gasteiger partial charge in [0, 0.05) is 5.92 Å². The Morgan fingerprint density at radius 2 is 2.29 bits per heavy atom. The maximum Gasteiger partial charge on any atom is 0.293 e. The van der Waals surface area contributed by atoms with E-state index in [0.29, 0.717) is 18.8 Å². The Morgan fingerprint density at radius 1 is 1.57 bits per heavy atom. The average molecular weight is 200 g/mol. The smallest absolute Gasteiger partial charge is 0.293 e. The highest BCUT2D eigenvalue weighted by molar-refractivity contribution is 5.39. The predicted octanol–water partition coefficient (Wildman–Crippen LogP) is 2.32. The number of hydrogen-bond acceptors (Lipinski definition) is 2. The average Bonchev–Trinajstić information content (AvgIpc) is 2.18. The van der Waals surface area contributed by atoms with E-state index in [2.05, 4.69) is 13.8 Å². The first kappa shape index (κ1) is 9.94. The summed E-state index contributed by atoms with van der Waals surface area (Å²) in [4.78, 5) is 10.4. The normalized spacial score (nSPS) is 43.9. The van der Waals surface area contributed by atoms with E-state index in [1.165, 1.54) is 0 Å². The Morgan fingerprint density at radius 3 is 2.71 bits per heavy atom. The zero-order chi connectivity index (χ0) is 10.4. The van der Waals surface area contributed by atoms with Gasteiger partial charge in [-0.1, -0.05) is 13.8 Å². The van der Waals surface area contributed by atoms with Gasteiger partial charge in [-0.2, -0.15) is 0 Å². The first-order chi connectivity index (χ1) is 6.57. The van der Waals surface area contributed by atoms with Crippen LogP contribution in [0.5, 0.6) is 0 Å². The fraction of sp³-hybridized carbons (Fsp3) is 0.909. The lowest BCUT2D eigenvalue weighted by Crippen LogP contribution is -2.63. The lowest BCUT2D eigenvalue weighted by molar-refractivity contribution is -0.220. The minimum Gasteiger partial charge on any atom is -0.458 e. The summed E-state index contributed by atoms with van der Waals surface area (Å²) in [5.74, 6) is 0.909. The number of carbonyl (C=O) groups is 1. The largest absolute Gasteiger partial charge is 0.458 e. The predicted molar refractivity (Wildman–Crippen MR) is 50.5 cm³/mol. The van der Waals surface area contributed by atoms with E-state index in [-0.39, 0.29) is 11.3 Å². The summed E-state index contributed by atoms with van der Waals surface area (Å²) in [5.41, 5.74) is -0.659. The summed E-state index contributed by atoms with van der Waals surface area (Å²) >= 11 is 0. The Labute approximate surface area is 83.8 Å². The summed E-state index contributed by atoms with van der Waals surface area (Å²) < 4.78 is 18.1. The Bertz CT molecular complexity index is 250. The molecule has 3 rings (SSSR count). The van der Waals surface area contributed by atoms with Crippen molar-refractivity contribution in [2.24, 2.45) is 17.3 Å². The lowest BCUT2D eigenvalue weighted by Gasteiger charge is -2.63. The highest BCUT2D eigenvalue weighted by atomic mass is 19.1. The van der Waals surface area contributed by atoms with Crippen LogP contribution in [0.4, 0.5) is 4.39 Å². The molecule has 2 nitrogen and oxygen atoms in total. The number of ether oxygens (including phenoxy) is 1. The molecule has 3 aliphatic carbocycles. The van der Waals surface area contributed by atoms with Gasteiger partial charge in [0.2, 0.25) is 0 Å². The van der Waals surface area contributed by atoms with Crippen LogP contribution < -0.4 is 0 Å². The first-order valence-corrected chi connectivity index (χ1v) is 5.24. The van der Waals surface area contributed by atoms with Crippen LogP contribution in [0.1, 0.15) is 33.1 Å². The summed E-state index contributed by atoms with van der Waals surface area (Å²) in [6.45, 7) is 4.19. The molecule has 3 atom stereocenters. The quantitative estimate of drug-likeness (QED) is 0.653. The van der Waals surface area contributed by atoms with Crippen molar-refractivity contribution in [2.75, 3.05) is 6.67 Å². The van der Waals surface area contributed by atoms with Crippen LogP contribution in [0.2, 0.25) is 0 Å². The van der Waals surface area contributed by atoms with Gasteiger partial charge in [-0.05, 0) is 30.6 Å². The van der Waals surface area contributed by atoms with Crippen molar-refractivity contribution in [3.05, 3.63) is 0 Å². The molecule has 14 heavy (non-hydrogen) atoms. The third kappa shape index (κ3) is 1.04. The molecule has 0 amide bonds. The monoisotopic (exact) mass is 200 g/mol.